The molecule has 0 saturated heterocycles. The number of thiophene rings is 1. The molecule has 0 saturated carbocycles. The van der Waals surface area contributed by atoms with Crippen molar-refractivity contribution >= 4 is 28.0 Å². The second kappa shape index (κ2) is 6.93. The van der Waals surface area contributed by atoms with Gasteiger partial charge in [-0.25, -0.2) is 4.68 Å². The molecular formula is C21H23N3O2S. The van der Waals surface area contributed by atoms with Crippen LogP contribution in [-0.2, 0) is 13.0 Å². The summed E-state index contributed by atoms with van der Waals surface area (Å²) in [6, 6.07) is 9.40. The van der Waals surface area contributed by atoms with Gasteiger partial charge in [0, 0.05) is 23.4 Å². The third-order valence-corrected chi connectivity index (χ3v) is 6.14. The minimum Gasteiger partial charge on any atom is -0.330 e. The molecule has 0 aliphatic carbocycles. The Balaban J connectivity index is 1.82. The highest BCUT2D eigenvalue weighted by Crippen LogP contribution is 2.34. The first-order valence-corrected chi connectivity index (χ1v) is 10.2. The molecule has 1 aliphatic rings. The molecule has 1 aromatic carbocycles. The van der Waals surface area contributed by atoms with Crippen molar-refractivity contribution in [1.29, 1.82) is 0 Å². The highest BCUT2D eigenvalue weighted by molar-refractivity contribution is 7.10. The zero-order valence-electron chi connectivity index (χ0n) is 15.8. The van der Waals surface area contributed by atoms with Crippen LogP contribution in [0.25, 0.3) is 10.8 Å². The molecule has 2 aromatic heterocycles. The Morgan fingerprint density at radius 1 is 1.26 bits per heavy atom. The molecule has 1 atom stereocenters. The fraction of sp³-hybridized carbons (Fsp3) is 0.381. The standard InChI is InChI=1S/C21H23N3O2S/c1-13(2)12-24-20(25)17-7-5-4-6-16(17)19(22-24)21(26)23-10-8-18-15(14(23)3)9-11-27-18/h4-7,9,11,13-14H,8,10,12H2,1-3H3/t14-/m0/s1. The molecule has 0 spiro atoms. The van der Waals surface area contributed by atoms with Crippen LogP contribution in [-0.4, -0.2) is 27.1 Å². The maximum absolute atomic E-state index is 13.5. The Morgan fingerprint density at radius 2 is 2.00 bits per heavy atom. The first-order chi connectivity index (χ1) is 13.0. The SMILES string of the molecule is CC(C)Cn1nc(C(=O)N2CCc3sccc3[C@@H]2C)c2ccccc2c1=O. The summed E-state index contributed by atoms with van der Waals surface area (Å²) in [5.74, 6) is 0.162. The van der Waals surface area contributed by atoms with Crippen LogP contribution in [0.1, 0.15) is 47.7 Å². The molecule has 6 heteroatoms. The van der Waals surface area contributed by atoms with E-state index in [1.165, 1.54) is 15.1 Å². The van der Waals surface area contributed by atoms with Gasteiger partial charge in [0.2, 0.25) is 0 Å². The normalized spacial score (nSPS) is 16.7. The number of benzene rings is 1. The summed E-state index contributed by atoms with van der Waals surface area (Å²) in [5.41, 5.74) is 1.46. The van der Waals surface area contributed by atoms with Crippen LogP contribution in [0.15, 0.2) is 40.5 Å². The second-order valence-electron chi connectivity index (χ2n) is 7.50. The quantitative estimate of drug-likeness (QED) is 0.692. The van der Waals surface area contributed by atoms with Gasteiger partial charge in [0.25, 0.3) is 11.5 Å². The lowest BCUT2D eigenvalue weighted by atomic mass is 10.0. The number of nitrogens with zero attached hydrogens (tertiary/aromatic N) is 3. The molecule has 5 nitrogen and oxygen atoms in total. The number of carbonyl (C=O) groups is 1. The van der Waals surface area contributed by atoms with Crippen LogP contribution in [0.4, 0.5) is 0 Å². The fourth-order valence-corrected chi connectivity index (χ4v) is 4.75. The van der Waals surface area contributed by atoms with Crippen LogP contribution in [0.3, 0.4) is 0 Å². The van der Waals surface area contributed by atoms with E-state index in [1.807, 2.05) is 36.9 Å². The van der Waals surface area contributed by atoms with Gasteiger partial charge in [-0.1, -0.05) is 32.0 Å². The maximum Gasteiger partial charge on any atom is 0.275 e. The van der Waals surface area contributed by atoms with E-state index in [1.54, 1.807) is 17.4 Å². The number of hydrogen-bond acceptors (Lipinski definition) is 4. The molecule has 27 heavy (non-hydrogen) atoms. The van der Waals surface area contributed by atoms with Crippen LogP contribution in [0, 0.1) is 5.92 Å². The van der Waals surface area contributed by atoms with Gasteiger partial charge in [-0.2, -0.15) is 5.10 Å². The van der Waals surface area contributed by atoms with Crippen molar-refractivity contribution in [3.05, 3.63) is 62.2 Å². The lowest BCUT2D eigenvalue weighted by Gasteiger charge is -2.33. The van der Waals surface area contributed by atoms with E-state index in [2.05, 4.69) is 23.5 Å². The third kappa shape index (κ3) is 3.08. The Hall–Kier alpha value is -2.47. The molecule has 4 rings (SSSR count). The number of amides is 1. The number of carbonyl (C=O) groups excluding carboxylic acids is 1. The summed E-state index contributed by atoms with van der Waals surface area (Å²) in [5, 5.41) is 7.79. The average molecular weight is 382 g/mol. The molecule has 0 fully saturated rings. The smallest absolute Gasteiger partial charge is 0.275 e. The minimum absolute atomic E-state index is 0.0125. The lowest BCUT2D eigenvalue weighted by molar-refractivity contribution is 0.0672. The number of rotatable bonds is 3. The van der Waals surface area contributed by atoms with Gasteiger partial charge in [0.1, 0.15) is 0 Å². The predicted molar refractivity (Wildman–Crippen MR) is 108 cm³/mol. The van der Waals surface area contributed by atoms with Crippen LogP contribution >= 0.6 is 11.3 Å². The summed E-state index contributed by atoms with van der Waals surface area (Å²) in [7, 11) is 0. The first-order valence-electron chi connectivity index (χ1n) is 9.34. The van der Waals surface area contributed by atoms with E-state index < -0.39 is 0 Å². The van der Waals surface area contributed by atoms with Gasteiger partial charge < -0.3 is 4.90 Å². The Bertz CT molecular complexity index is 1070. The van der Waals surface area contributed by atoms with Crippen molar-refractivity contribution in [2.75, 3.05) is 6.54 Å². The van der Waals surface area contributed by atoms with Crippen molar-refractivity contribution < 1.29 is 4.79 Å². The Labute approximate surface area is 162 Å². The maximum atomic E-state index is 13.5. The molecule has 0 bridgehead atoms. The number of fused-ring (bicyclic) bond motifs is 2. The predicted octanol–water partition coefficient (Wildman–Crippen LogP) is 3.87. The molecule has 0 radical (unpaired) electrons. The van der Waals surface area contributed by atoms with E-state index in [9.17, 15) is 9.59 Å². The van der Waals surface area contributed by atoms with E-state index >= 15 is 0 Å². The van der Waals surface area contributed by atoms with Gasteiger partial charge in [-0.15, -0.1) is 11.3 Å². The molecule has 1 amide bonds. The Kier molecular flexibility index (Phi) is 4.60. The molecule has 3 aromatic rings. The lowest BCUT2D eigenvalue weighted by Crippen LogP contribution is -2.40. The van der Waals surface area contributed by atoms with Gasteiger partial charge in [-0.3, -0.25) is 9.59 Å². The third-order valence-electron chi connectivity index (χ3n) is 5.15. The molecule has 0 N–H and O–H groups in total. The first kappa shape index (κ1) is 17.9. The van der Waals surface area contributed by atoms with E-state index in [-0.39, 0.29) is 23.4 Å². The monoisotopic (exact) mass is 381 g/mol. The second-order valence-corrected chi connectivity index (χ2v) is 8.50. The summed E-state index contributed by atoms with van der Waals surface area (Å²) in [6.07, 6.45) is 0.868. The largest absolute Gasteiger partial charge is 0.330 e. The summed E-state index contributed by atoms with van der Waals surface area (Å²) in [4.78, 5) is 29.5. The minimum atomic E-state index is -0.136. The highest BCUT2D eigenvalue weighted by Gasteiger charge is 2.31. The summed E-state index contributed by atoms with van der Waals surface area (Å²) < 4.78 is 1.45. The highest BCUT2D eigenvalue weighted by atomic mass is 32.1. The molecule has 1 aliphatic heterocycles. The van der Waals surface area contributed by atoms with Gasteiger partial charge in [0.15, 0.2) is 5.69 Å². The molecule has 140 valence electrons. The van der Waals surface area contributed by atoms with Crippen molar-refractivity contribution in [2.24, 2.45) is 5.92 Å². The molecular weight excluding hydrogens is 358 g/mol. The molecule has 3 heterocycles. The average Bonchev–Trinajstić information content (AvgIpc) is 3.13. The zero-order valence-corrected chi connectivity index (χ0v) is 16.6. The van der Waals surface area contributed by atoms with Gasteiger partial charge >= 0.3 is 0 Å². The topological polar surface area (TPSA) is 55.2 Å². The van der Waals surface area contributed by atoms with Gasteiger partial charge in [-0.05, 0) is 42.3 Å². The van der Waals surface area contributed by atoms with Crippen molar-refractivity contribution in [2.45, 2.75) is 39.8 Å². The van der Waals surface area contributed by atoms with E-state index in [0.717, 1.165) is 6.42 Å². The zero-order chi connectivity index (χ0) is 19.1. The van der Waals surface area contributed by atoms with E-state index in [0.29, 0.717) is 29.6 Å². The summed E-state index contributed by atoms with van der Waals surface area (Å²) in [6.45, 7) is 7.31. The molecule has 0 unspecified atom stereocenters. The fourth-order valence-electron chi connectivity index (χ4n) is 3.79. The number of hydrogen-bond donors (Lipinski definition) is 0. The van der Waals surface area contributed by atoms with Crippen LogP contribution < -0.4 is 5.56 Å². The van der Waals surface area contributed by atoms with Crippen LogP contribution in [0.5, 0.6) is 0 Å². The van der Waals surface area contributed by atoms with Crippen molar-refractivity contribution in [3.8, 4) is 0 Å². The Morgan fingerprint density at radius 3 is 2.74 bits per heavy atom. The number of aromatic nitrogens is 2. The van der Waals surface area contributed by atoms with E-state index in [4.69, 9.17) is 0 Å². The van der Waals surface area contributed by atoms with Crippen molar-refractivity contribution in [3.63, 3.8) is 0 Å². The van der Waals surface area contributed by atoms with Crippen molar-refractivity contribution in [1.82, 2.24) is 14.7 Å². The summed E-state index contributed by atoms with van der Waals surface area (Å²) >= 11 is 1.75. The van der Waals surface area contributed by atoms with Crippen LogP contribution in [0.2, 0.25) is 0 Å². The van der Waals surface area contributed by atoms with Gasteiger partial charge in [0.05, 0.1) is 11.4 Å².